The van der Waals surface area contributed by atoms with E-state index in [0.717, 1.165) is 13.1 Å². The highest BCUT2D eigenvalue weighted by Gasteiger charge is 2.46. The maximum Gasteiger partial charge on any atom is 0.295 e. The largest absolute Gasteiger partial charge is 0.507 e. The van der Waals surface area contributed by atoms with Gasteiger partial charge in [-0.3, -0.25) is 14.5 Å². The van der Waals surface area contributed by atoms with E-state index in [1.807, 2.05) is 0 Å². The average Bonchev–Trinajstić information content (AvgIpc) is 3.16. The Labute approximate surface area is 209 Å². The lowest BCUT2D eigenvalue weighted by atomic mass is 9.95. The Balaban J connectivity index is 1.73. The van der Waals surface area contributed by atoms with Crippen LogP contribution in [-0.4, -0.2) is 84.8 Å². The topological polar surface area (TPSA) is 109 Å². The molecule has 4 rings (SSSR count). The summed E-state index contributed by atoms with van der Waals surface area (Å²) in [5.41, 5.74) is 0.899. The van der Waals surface area contributed by atoms with E-state index in [2.05, 4.69) is 11.5 Å². The maximum atomic E-state index is 13.2. The number of nitrogens with zero attached hydrogens (tertiary/aromatic N) is 2. The molecule has 2 heterocycles. The number of aromatic hydroxyl groups is 1. The van der Waals surface area contributed by atoms with Gasteiger partial charge in [-0.2, -0.15) is 0 Å². The van der Waals surface area contributed by atoms with Gasteiger partial charge in [0.25, 0.3) is 11.7 Å². The SMILES string of the molecule is C=CCOc1ccc(/C(O)=C2\C(=O)C(=O)N(CCN3CCOCC3)[C@H]2c2ccc(O)c(OC)c2)cc1. The molecule has 36 heavy (non-hydrogen) atoms. The van der Waals surface area contributed by atoms with Crippen LogP contribution in [0.5, 0.6) is 17.2 Å². The first-order chi connectivity index (χ1) is 17.4. The number of hydrogen-bond acceptors (Lipinski definition) is 8. The molecule has 1 amide bonds. The van der Waals surface area contributed by atoms with E-state index in [-0.39, 0.29) is 29.4 Å². The molecule has 0 saturated carbocycles. The van der Waals surface area contributed by atoms with Gasteiger partial charge in [0, 0.05) is 31.7 Å². The highest BCUT2D eigenvalue weighted by Crippen LogP contribution is 2.41. The molecule has 0 unspecified atom stereocenters. The molecule has 190 valence electrons. The van der Waals surface area contributed by atoms with Gasteiger partial charge < -0.3 is 29.3 Å². The summed E-state index contributed by atoms with van der Waals surface area (Å²) in [6, 6.07) is 10.4. The molecule has 2 aliphatic heterocycles. The van der Waals surface area contributed by atoms with Crippen LogP contribution >= 0.6 is 0 Å². The molecule has 0 radical (unpaired) electrons. The van der Waals surface area contributed by atoms with Gasteiger partial charge in [-0.15, -0.1) is 0 Å². The molecule has 2 N–H and O–H groups in total. The summed E-state index contributed by atoms with van der Waals surface area (Å²) in [5, 5.41) is 21.3. The summed E-state index contributed by atoms with van der Waals surface area (Å²) < 4.78 is 16.1. The fourth-order valence-corrected chi connectivity index (χ4v) is 4.42. The Morgan fingerprint density at radius 2 is 1.86 bits per heavy atom. The van der Waals surface area contributed by atoms with Gasteiger partial charge in [-0.25, -0.2) is 0 Å². The summed E-state index contributed by atoms with van der Waals surface area (Å²) >= 11 is 0. The second kappa shape index (κ2) is 11.3. The van der Waals surface area contributed by atoms with Gasteiger partial charge in [0.05, 0.1) is 31.9 Å². The van der Waals surface area contributed by atoms with E-state index >= 15 is 0 Å². The number of rotatable bonds is 9. The molecule has 2 aromatic carbocycles. The molecule has 0 spiro atoms. The summed E-state index contributed by atoms with van der Waals surface area (Å²) in [6.45, 7) is 7.49. The number of amides is 1. The van der Waals surface area contributed by atoms with Crippen molar-refractivity contribution < 1.29 is 34.0 Å². The van der Waals surface area contributed by atoms with Crippen molar-refractivity contribution in [1.29, 1.82) is 0 Å². The molecule has 9 heteroatoms. The Bertz CT molecular complexity index is 1150. The first kappa shape index (κ1) is 25.3. The molecular formula is C27H30N2O7. The number of Topliss-reactive ketones (excluding diaryl/α,β-unsaturated/α-hetero) is 1. The summed E-state index contributed by atoms with van der Waals surface area (Å²) in [6.07, 6.45) is 1.62. The van der Waals surface area contributed by atoms with Gasteiger partial charge in [0.2, 0.25) is 0 Å². The number of carbonyl (C=O) groups is 2. The predicted octanol–water partition coefficient (Wildman–Crippen LogP) is 2.72. The van der Waals surface area contributed by atoms with Gasteiger partial charge in [-0.1, -0.05) is 18.7 Å². The third kappa shape index (κ3) is 5.22. The highest BCUT2D eigenvalue weighted by atomic mass is 16.5. The van der Waals surface area contributed by atoms with Crippen LogP contribution in [0.1, 0.15) is 17.2 Å². The number of ether oxygens (including phenoxy) is 3. The summed E-state index contributed by atoms with van der Waals surface area (Å²) in [4.78, 5) is 30.1. The van der Waals surface area contributed by atoms with Crippen LogP contribution in [0.3, 0.4) is 0 Å². The normalized spacial score (nSPS) is 19.9. The van der Waals surface area contributed by atoms with Crippen LogP contribution < -0.4 is 9.47 Å². The first-order valence-electron chi connectivity index (χ1n) is 11.7. The number of phenols is 1. The number of hydrogen-bond donors (Lipinski definition) is 2. The van der Waals surface area contributed by atoms with Crippen LogP contribution in [0.2, 0.25) is 0 Å². The van der Waals surface area contributed by atoms with E-state index in [4.69, 9.17) is 14.2 Å². The molecule has 9 nitrogen and oxygen atoms in total. The Kier molecular flexibility index (Phi) is 7.92. The minimum absolute atomic E-state index is 0.0190. The molecule has 2 saturated heterocycles. The minimum Gasteiger partial charge on any atom is -0.507 e. The molecule has 2 fully saturated rings. The lowest BCUT2D eigenvalue weighted by Gasteiger charge is -2.31. The van der Waals surface area contributed by atoms with E-state index < -0.39 is 17.7 Å². The van der Waals surface area contributed by atoms with E-state index in [9.17, 15) is 19.8 Å². The third-order valence-corrected chi connectivity index (χ3v) is 6.32. The molecule has 0 aliphatic carbocycles. The van der Waals surface area contributed by atoms with Crippen LogP contribution in [0.4, 0.5) is 0 Å². The molecular weight excluding hydrogens is 464 g/mol. The number of benzene rings is 2. The lowest BCUT2D eigenvalue weighted by molar-refractivity contribution is -0.140. The molecule has 2 aromatic rings. The number of aliphatic hydroxyl groups is 1. The number of methoxy groups -OCH3 is 1. The van der Waals surface area contributed by atoms with Crippen LogP contribution in [-0.2, 0) is 14.3 Å². The minimum atomic E-state index is -0.850. The van der Waals surface area contributed by atoms with Crippen molar-refractivity contribution in [3.8, 4) is 17.2 Å². The number of likely N-dealkylation sites (tertiary alicyclic amines) is 1. The standard InChI is InChI=1S/C27H30N2O7/c1-3-14-36-20-7-4-18(5-8-20)25(31)23-24(19-6-9-21(30)22(17-19)34-2)29(27(33)26(23)32)11-10-28-12-15-35-16-13-28/h3-9,17,24,30-31H,1,10-16H2,2H3/b25-23+/t24-/m0/s1. The maximum absolute atomic E-state index is 13.2. The highest BCUT2D eigenvalue weighted by molar-refractivity contribution is 6.46. The second-order valence-corrected chi connectivity index (χ2v) is 8.50. The van der Waals surface area contributed by atoms with Crippen molar-refractivity contribution in [1.82, 2.24) is 9.80 Å². The molecule has 0 bridgehead atoms. The van der Waals surface area contributed by atoms with Gasteiger partial charge in [0.15, 0.2) is 11.5 Å². The molecule has 1 atom stereocenters. The van der Waals surface area contributed by atoms with Gasteiger partial charge >= 0.3 is 0 Å². The number of carbonyl (C=O) groups excluding carboxylic acids is 2. The van der Waals surface area contributed by atoms with Crippen molar-refractivity contribution in [2.45, 2.75) is 6.04 Å². The van der Waals surface area contributed by atoms with Gasteiger partial charge in [-0.05, 0) is 42.0 Å². The zero-order chi connectivity index (χ0) is 25.7. The first-order valence-corrected chi connectivity index (χ1v) is 11.7. The van der Waals surface area contributed by atoms with E-state index in [0.29, 0.717) is 43.2 Å². The summed E-state index contributed by atoms with van der Waals surface area (Å²) in [7, 11) is 1.42. The van der Waals surface area contributed by atoms with Crippen molar-refractivity contribution in [3.05, 3.63) is 71.8 Å². The monoisotopic (exact) mass is 494 g/mol. The fourth-order valence-electron chi connectivity index (χ4n) is 4.42. The zero-order valence-corrected chi connectivity index (χ0v) is 20.2. The second-order valence-electron chi connectivity index (χ2n) is 8.50. The van der Waals surface area contributed by atoms with Crippen LogP contribution in [0.15, 0.2) is 60.7 Å². The van der Waals surface area contributed by atoms with Crippen molar-refractivity contribution in [2.75, 3.05) is 53.1 Å². The van der Waals surface area contributed by atoms with Crippen molar-refractivity contribution in [2.24, 2.45) is 0 Å². The number of ketones is 1. The van der Waals surface area contributed by atoms with Crippen LogP contribution in [0, 0.1) is 0 Å². The average molecular weight is 495 g/mol. The fraction of sp³-hybridized carbons (Fsp3) is 0.333. The van der Waals surface area contributed by atoms with Crippen molar-refractivity contribution in [3.63, 3.8) is 0 Å². The number of phenolic OH excluding ortho intramolecular Hbond substituents is 1. The smallest absolute Gasteiger partial charge is 0.295 e. The molecule has 0 aromatic heterocycles. The predicted molar refractivity (Wildman–Crippen MR) is 133 cm³/mol. The zero-order valence-electron chi connectivity index (χ0n) is 20.2. The number of morpholine rings is 1. The third-order valence-electron chi connectivity index (χ3n) is 6.32. The van der Waals surface area contributed by atoms with E-state index in [1.54, 1.807) is 42.5 Å². The number of aliphatic hydroxyl groups excluding tert-OH is 1. The summed E-state index contributed by atoms with van der Waals surface area (Å²) in [5.74, 6) is -1.02. The Morgan fingerprint density at radius 3 is 2.53 bits per heavy atom. The van der Waals surface area contributed by atoms with Crippen molar-refractivity contribution >= 4 is 17.4 Å². The van der Waals surface area contributed by atoms with Gasteiger partial charge in [0.1, 0.15) is 18.1 Å². The lowest BCUT2D eigenvalue weighted by Crippen LogP contribution is -2.42. The van der Waals surface area contributed by atoms with E-state index in [1.165, 1.54) is 18.1 Å². The Hall–Kier alpha value is -3.82. The molecule has 2 aliphatic rings. The van der Waals surface area contributed by atoms with Crippen LogP contribution in [0.25, 0.3) is 5.76 Å². The quantitative estimate of drug-likeness (QED) is 0.237. The Morgan fingerprint density at radius 1 is 1.14 bits per heavy atom.